The summed E-state index contributed by atoms with van der Waals surface area (Å²) in [6.07, 6.45) is 8.38. The molecule has 0 N–H and O–H groups in total. The molecule has 1 unspecified atom stereocenters. The van der Waals surface area contributed by atoms with Crippen LogP contribution in [-0.2, 0) is 25.7 Å². The quantitative estimate of drug-likeness (QED) is 0.422. The Bertz CT molecular complexity index is 917. The van der Waals surface area contributed by atoms with E-state index in [-0.39, 0.29) is 0 Å². The highest BCUT2D eigenvalue weighted by Gasteiger charge is 2.22. The molecule has 3 aromatic rings. The van der Waals surface area contributed by atoms with Crippen molar-refractivity contribution in [1.82, 2.24) is 0 Å². The van der Waals surface area contributed by atoms with Crippen LogP contribution in [0, 0.1) is 0 Å². The second-order valence-corrected chi connectivity index (χ2v) is 8.35. The lowest BCUT2D eigenvalue weighted by molar-refractivity contribution is 0.687. The monoisotopic (exact) mass is 368 g/mol. The maximum absolute atomic E-state index is 2.49. The van der Waals surface area contributed by atoms with Crippen LogP contribution in [0.1, 0.15) is 66.8 Å². The Hall–Kier alpha value is -2.34. The van der Waals surface area contributed by atoms with E-state index in [0.29, 0.717) is 5.92 Å². The molecule has 0 aliphatic heterocycles. The summed E-state index contributed by atoms with van der Waals surface area (Å²) in [6.45, 7) is 4.53. The number of benzene rings is 3. The van der Waals surface area contributed by atoms with Crippen LogP contribution in [0.2, 0.25) is 0 Å². The zero-order valence-corrected chi connectivity index (χ0v) is 17.4. The minimum absolute atomic E-state index is 0.555. The summed E-state index contributed by atoms with van der Waals surface area (Å²) in [4.78, 5) is 0. The van der Waals surface area contributed by atoms with E-state index in [2.05, 4.69) is 80.6 Å². The largest absolute Gasteiger partial charge is 0.0654 e. The second-order valence-electron chi connectivity index (χ2n) is 8.35. The fourth-order valence-corrected chi connectivity index (χ4v) is 4.66. The molecule has 0 amide bonds. The van der Waals surface area contributed by atoms with E-state index in [1.807, 2.05) is 0 Å². The van der Waals surface area contributed by atoms with Crippen LogP contribution in [-0.4, -0.2) is 0 Å². The van der Waals surface area contributed by atoms with Gasteiger partial charge in [-0.3, -0.25) is 0 Å². The summed E-state index contributed by atoms with van der Waals surface area (Å²) in [6, 6.07) is 25.7. The van der Waals surface area contributed by atoms with Gasteiger partial charge in [0.2, 0.25) is 0 Å². The fraction of sp³-hybridized carbons (Fsp3) is 0.357. The molecule has 0 aromatic heterocycles. The molecule has 0 bridgehead atoms. The normalized spacial score (nSPS) is 15.6. The van der Waals surface area contributed by atoms with Gasteiger partial charge in [-0.2, -0.15) is 0 Å². The van der Waals surface area contributed by atoms with Gasteiger partial charge in [0.05, 0.1) is 0 Å². The average molecular weight is 369 g/mol. The average Bonchev–Trinajstić information content (AvgIpc) is 2.89. The molecule has 0 heterocycles. The minimum Gasteiger partial charge on any atom is -0.0654 e. The lowest BCUT2D eigenvalue weighted by atomic mass is 9.87. The first kappa shape index (κ1) is 19.0. The predicted octanol–water partition coefficient (Wildman–Crippen LogP) is 7.53. The van der Waals surface area contributed by atoms with Gasteiger partial charge in [-0.1, -0.05) is 93.4 Å². The minimum atomic E-state index is 0.555. The van der Waals surface area contributed by atoms with E-state index in [1.54, 1.807) is 0 Å². The topological polar surface area (TPSA) is 0 Å². The fourth-order valence-electron chi connectivity index (χ4n) is 4.66. The van der Waals surface area contributed by atoms with Crippen molar-refractivity contribution in [2.75, 3.05) is 0 Å². The molecule has 1 atom stereocenters. The van der Waals surface area contributed by atoms with E-state index in [1.165, 1.54) is 71.0 Å². The van der Waals surface area contributed by atoms with E-state index in [0.717, 1.165) is 12.8 Å². The highest BCUT2D eigenvalue weighted by Crippen LogP contribution is 2.38. The predicted molar refractivity (Wildman–Crippen MR) is 121 cm³/mol. The van der Waals surface area contributed by atoms with Crippen LogP contribution in [0.15, 0.2) is 66.7 Å². The Morgan fingerprint density at radius 1 is 0.679 bits per heavy atom. The van der Waals surface area contributed by atoms with E-state index >= 15 is 0 Å². The van der Waals surface area contributed by atoms with Crippen molar-refractivity contribution in [3.05, 3.63) is 94.5 Å². The third-order valence-electron chi connectivity index (χ3n) is 6.22. The van der Waals surface area contributed by atoms with Crippen molar-refractivity contribution in [1.29, 1.82) is 0 Å². The molecule has 1 aliphatic carbocycles. The molecule has 28 heavy (non-hydrogen) atoms. The summed E-state index contributed by atoms with van der Waals surface area (Å²) in [5, 5.41) is 0. The van der Waals surface area contributed by atoms with Gasteiger partial charge in [0.15, 0.2) is 0 Å². The Balaban J connectivity index is 1.72. The molecule has 3 aromatic carbocycles. The second kappa shape index (κ2) is 8.78. The van der Waals surface area contributed by atoms with Crippen molar-refractivity contribution in [2.24, 2.45) is 0 Å². The first-order chi connectivity index (χ1) is 13.8. The Labute approximate surface area is 170 Å². The van der Waals surface area contributed by atoms with Crippen molar-refractivity contribution in [3.63, 3.8) is 0 Å². The summed E-state index contributed by atoms with van der Waals surface area (Å²) < 4.78 is 0. The summed E-state index contributed by atoms with van der Waals surface area (Å²) in [5.74, 6) is 0.555. The number of unbranched alkanes of at least 4 members (excludes halogenated alkanes) is 1. The van der Waals surface area contributed by atoms with Crippen LogP contribution in [0.3, 0.4) is 0 Å². The van der Waals surface area contributed by atoms with Gasteiger partial charge < -0.3 is 0 Å². The zero-order valence-electron chi connectivity index (χ0n) is 17.4. The third-order valence-corrected chi connectivity index (χ3v) is 6.22. The van der Waals surface area contributed by atoms with Gasteiger partial charge in [-0.05, 0) is 77.0 Å². The first-order valence-electron chi connectivity index (χ1n) is 11.1. The molecule has 0 spiro atoms. The molecule has 0 saturated carbocycles. The number of hydrogen-bond donors (Lipinski definition) is 0. The molecular formula is C28H32. The molecule has 0 nitrogen and oxygen atoms in total. The summed E-state index contributed by atoms with van der Waals surface area (Å²) in [7, 11) is 0. The molecular weight excluding hydrogens is 336 g/mol. The van der Waals surface area contributed by atoms with Crippen molar-refractivity contribution >= 4 is 0 Å². The Morgan fingerprint density at radius 2 is 1.39 bits per heavy atom. The SMILES string of the molecule is CCCCc1ccc2c(c1)CC(c1ccc(CCC)cc1)Cc1ccccc1-2. The molecule has 0 radical (unpaired) electrons. The van der Waals surface area contributed by atoms with E-state index < -0.39 is 0 Å². The van der Waals surface area contributed by atoms with Crippen LogP contribution in [0.25, 0.3) is 11.1 Å². The van der Waals surface area contributed by atoms with Crippen molar-refractivity contribution < 1.29 is 0 Å². The molecule has 0 heteroatoms. The van der Waals surface area contributed by atoms with Crippen molar-refractivity contribution in [3.8, 4) is 11.1 Å². The maximum atomic E-state index is 2.49. The van der Waals surface area contributed by atoms with Crippen LogP contribution >= 0.6 is 0 Å². The lowest BCUT2D eigenvalue weighted by Crippen LogP contribution is -2.05. The Morgan fingerprint density at radius 3 is 2.18 bits per heavy atom. The zero-order chi connectivity index (χ0) is 19.3. The number of rotatable bonds is 6. The van der Waals surface area contributed by atoms with Gasteiger partial charge in [-0.25, -0.2) is 0 Å². The van der Waals surface area contributed by atoms with Crippen LogP contribution in [0.4, 0.5) is 0 Å². The molecule has 0 saturated heterocycles. The highest BCUT2D eigenvalue weighted by molar-refractivity contribution is 5.72. The molecule has 144 valence electrons. The van der Waals surface area contributed by atoms with Crippen LogP contribution in [0.5, 0.6) is 0 Å². The number of fused-ring (bicyclic) bond motifs is 3. The van der Waals surface area contributed by atoms with Gasteiger partial charge >= 0.3 is 0 Å². The lowest BCUT2D eigenvalue weighted by Gasteiger charge is -2.17. The van der Waals surface area contributed by atoms with Gasteiger partial charge in [0.1, 0.15) is 0 Å². The summed E-state index contributed by atoms with van der Waals surface area (Å²) >= 11 is 0. The maximum Gasteiger partial charge on any atom is -0.00806 e. The van der Waals surface area contributed by atoms with Gasteiger partial charge in [-0.15, -0.1) is 0 Å². The third kappa shape index (κ3) is 4.07. The van der Waals surface area contributed by atoms with Crippen molar-refractivity contribution in [2.45, 2.75) is 64.7 Å². The van der Waals surface area contributed by atoms with Gasteiger partial charge in [0.25, 0.3) is 0 Å². The molecule has 4 rings (SSSR count). The number of hydrogen-bond acceptors (Lipinski definition) is 0. The number of aryl methyl sites for hydroxylation is 2. The smallest absolute Gasteiger partial charge is 0.00806 e. The van der Waals surface area contributed by atoms with E-state index in [9.17, 15) is 0 Å². The Kier molecular flexibility index (Phi) is 5.95. The summed E-state index contributed by atoms with van der Waals surface area (Å²) in [5.41, 5.74) is 10.3. The van der Waals surface area contributed by atoms with Gasteiger partial charge in [0, 0.05) is 0 Å². The van der Waals surface area contributed by atoms with Crippen LogP contribution < -0.4 is 0 Å². The molecule has 0 fully saturated rings. The van der Waals surface area contributed by atoms with E-state index in [4.69, 9.17) is 0 Å². The standard InChI is InChI=1S/C28H32/c1-3-5-9-22-14-17-28-26(18-22)20-25(19-24-10-6-7-11-27(24)28)23-15-12-21(8-4-2)13-16-23/h6-7,10-18,25H,3-5,8-9,19-20H2,1-2H3. The first-order valence-corrected chi connectivity index (χ1v) is 11.1. The highest BCUT2D eigenvalue weighted by atomic mass is 14.3. The molecule has 1 aliphatic rings.